The average Bonchev–Trinajstić information content (AvgIpc) is 2.49. The Morgan fingerprint density at radius 3 is 2.86 bits per heavy atom. The number of ether oxygens (including phenoxy) is 2. The summed E-state index contributed by atoms with van der Waals surface area (Å²) in [5.74, 6) is -0.733. The van der Waals surface area contributed by atoms with Gasteiger partial charge in [0.15, 0.2) is 12.2 Å². The van der Waals surface area contributed by atoms with Gasteiger partial charge in [0, 0.05) is 6.54 Å². The van der Waals surface area contributed by atoms with E-state index in [0.717, 1.165) is 10.0 Å². The fraction of sp³-hybridized carbons (Fsp3) is 0.467. The first kappa shape index (κ1) is 16.8. The normalized spacial score (nSPS) is 19.6. The van der Waals surface area contributed by atoms with Gasteiger partial charge < -0.3 is 19.5 Å². The summed E-state index contributed by atoms with van der Waals surface area (Å²) >= 11 is 3.40. The molecule has 22 heavy (non-hydrogen) atoms. The highest BCUT2D eigenvalue weighted by Crippen LogP contribution is 2.27. The number of carboxylic acid groups (broad SMARTS) is 1. The Kier molecular flexibility index (Phi) is 5.42. The minimum Gasteiger partial charge on any atom is -0.480 e. The van der Waals surface area contributed by atoms with E-state index in [-0.39, 0.29) is 19.1 Å². The van der Waals surface area contributed by atoms with Crippen LogP contribution in [0.25, 0.3) is 0 Å². The van der Waals surface area contributed by atoms with E-state index in [2.05, 4.69) is 15.9 Å². The van der Waals surface area contributed by atoms with E-state index in [0.29, 0.717) is 12.3 Å². The molecule has 2 rings (SSSR count). The molecule has 0 radical (unpaired) electrons. The van der Waals surface area contributed by atoms with Gasteiger partial charge in [0.2, 0.25) is 0 Å². The molecule has 0 bridgehead atoms. The second-order valence-corrected chi connectivity index (χ2v) is 6.03. The Bertz CT molecular complexity index is 577. The summed E-state index contributed by atoms with van der Waals surface area (Å²) in [4.78, 5) is 24.8. The molecule has 7 heteroatoms. The van der Waals surface area contributed by atoms with Crippen LogP contribution in [0.3, 0.4) is 0 Å². The minimum atomic E-state index is -1.06. The van der Waals surface area contributed by atoms with Crippen LogP contribution < -0.4 is 4.74 Å². The highest BCUT2D eigenvalue weighted by molar-refractivity contribution is 9.10. The number of halogens is 1. The van der Waals surface area contributed by atoms with E-state index < -0.39 is 18.2 Å². The quantitative estimate of drug-likeness (QED) is 0.873. The Balaban J connectivity index is 2.01. The van der Waals surface area contributed by atoms with Gasteiger partial charge in [0.05, 0.1) is 17.6 Å². The monoisotopic (exact) mass is 371 g/mol. The molecule has 0 saturated carbocycles. The highest BCUT2D eigenvalue weighted by Gasteiger charge is 2.31. The number of aliphatic carboxylic acids is 1. The zero-order valence-corrected chi connectivity index (χ0v) is 14.0. The van der Waals surface area contributed by atoms with Gasteiger partial charge in [-0.2, -0.15) is 0 Å². The van der Waals surface area contributed by atoms with Gasteiger partial charge in [0.25, 0.3) is 5.91 Å². The molecule has 1 fully saturated rings. The van der Waals surface area contributed by atoms with Crippen molar-refractivity contribution in [1.29, 1.82) is 0 Å². The first-order valence-corrected chi connectivity index (χ1v) is 7.74. The molecule has 1 aliphatic heterocycles. The van der Waals surface area contributed by atoms with Crippen molar-refractivity contribution in [2.45, 2.75) is 26.1 Å². The molecule has 1 N–H and O–H groups in total. The van der Waals surface area contributed by atoms with Gasteiger partial charge in [-0.05, 0) is 47.5 Å². The standard InChI is InChI=1S/C15H18BrNO5/c1-9-3-4-12(11(16)7-9)22-10(2)14(18)17-5-6-21-13(8-17)15(19)20/h3-4,7,10,13H,5-6,8H2,1-2H3,(H,19,20)/t10-,13+/m1/s1. The number of morpholine rings is 1. The van der Waals surface area contributed by atoms with Crippen molar-refractivity contribution in [2.24, 2.45) is 0 Å². The van der Waals surface area contributed by atoms with Crippen molar-refractivity contribution in [2.75, 3.05) is 19.7 Å². The van der Waals surface area contributed by atoms with E-state index in [1.165, 1.54) is 4.90 Å². The molecule has 6 nitrogen and oxygen atoms in total. The molecule has 1 aromatic carbocycles. The number of carbonyl (C=O) groups is 2. The topological polar surface area (TPSA) is 76.1 Å². The number of carbonyl (C=O) groups excluding carboxylic acids is 1. The summed E-state index contributed by atoms with van der Waals surface area (Å²) < 4.78 is 11.6. The first-order valence-electron chi connectivity index (χ1n) is 6.94. The fourth-order valence-corrected chi connectivity index (χ4v) is 2.78. The number of amides is 1. The number of aryl methyl sites for hydroxylation is 1. The van der Waals surface area contributed by atoms with Gasteiger partial charge in [-0.3, -0.25) is 4.79 Å². The van der Waals surface area contributed by atoms with Gasteiger partial charge in [-0.15, -0.1) is 0 Å². The van der Waals surface area contributed by atoms with Crippen molar-refractivity contribution >= 4 is 27.8 Å². The Labute approximate surface area is 137 Å². The van der Waals surface area contributed by atoms with E-state index in [1.807, 2.05) is 19.1 Å². The summed E-state index contributed by atoms with van der Waals surface area (Å²) in [7, 11) is 0. The summed E-state index contributed by atoms with van der Waals surface area (Å²) in [6, 6.07) is 5.59. The van der Waals surface area contributed by atoms with E-state index in [1.54, 1.807) is 13.0 Å². The van der Waals surface area contributed by atoms with Crippen molar-refractivity contribution in [3.8, 4) is 5.75 Å². The second-order valence-electron chi connectivity index (χ2n) is 5.18. The van der Waals surface area contributed by atoms with Crippen LogP contribution in [-0.4, -0.2) is 53.8 Å². The Hall–Kier alpha value is -1.60. The van der Waals surface area contributed by atoms with Gasteiger partial charge in [0.1, 0.15) is 5.75 Å². The molecule has 0 aliphatic carbocycles. The van der Waals surface area contributed by atoms with Crippen LogP contribution in [-0.2, 0) is 14.3 Å². The summed E-state index contributed by atoms with van der Waals surface area (Å²) in [5, 5.41) is 8.97. The van der Waals surface area contributed by atoms with Crippen LogP contribution in [0.4, 0.5) is 0 Å². The van der Waals surface area contributed by atoms with Crippen LogP contribution in [0.15, 0.2) is 22.7 Å². The predicted octanol–water partition coefficient (Wildman–Crippen LogP) is 1.84. The van der Waals surface area contributed by atoms with Crippen molar-refractivity contribution < 1.29 is 24.2 Å². The lowest BCUT2D eigenvalue weighted by atomic mass is 10.2. The van der Waals surface area contributed by atoms with Gasteiger partial charge >= 0.3 is 5.97 Å². The van der Waals surface area contributed by atoms with Crippen molar-refractivity contribution in [3.05, 3.63) is 28.2 Å². The zero-order chi connectivity index (χ0) is 16.3. The number of nitrogens with zero attached hydrogens (tertiary/aromatic N) is 1. The van der Waals surface area contributed by atoms with Crippen LogP contribution in [0, 0.1) is 6.92 Å². The molecular weight excluding hydrogens is 354 g/mol. The smallest absolute Gasteiger partial charge is 0.334 e. The van der Waals surface area contributed by atoms with E-state index in [4.69, 9.17) is 14.6 Å². The SMILES string of the molecule is Cc1ccc(O[C@H](C)C(=O)N2CCO[C@H](C(=O)O)C2)c(Br)c1. The largest absolute Gasteiger partial charge is 0.480 e. The number of hydrogen-bond acceptors (Lipinski definition) is 4. The number of rotatable bonds is 4. The van der Waals surface area contributed by atoms with Crippen molar-refractivity contribution in [3.63, 3.8) is 0 Å². The van der Waals surface area contributed by atoms with Crippen LogP contribution in [0.1, 0.15) is 12.5 Å². The fourth-order valence-electron chi connectivity index (χ4n) is 2.20. The molecule has 120 valence electrons. The molecular formula is C15H18BrNO5. The maximum absolute atomic E-state index is 12.4. The van der Waals surface area contributed by atoms with Crippen molar-refractivity contribution in [1.82, 2.24) is 4.90 Å². The average molecular weight is 372 g/mol. The lowest BCUT2D eigenvalue weighted by molar-refractivity contribution is -0.161. The molecule has 1 aliphatic rings. The Morgan fingerprint density at radius 1 is 1.50 bits per heavy atom. The van der Waals surface area contributed by atoms with Crippen LogP contribution in [0.5, 0.6) is 5.75 Å². The van der Waals surface area contributed by atoms with Gasteiger partial charge in [-0.1, -0.05) is 6.07 Å². The highest BCUT2D eigenvalue weighted by atomic mass is 79.9. The molecule has 1 saturated heterocycles. The predicted molar refractivity (Wildman–Crippen MR) is 82.9 cm³/mol. The Morgan fingerprint density at radius 2 is 2.23 bits per heavy atom. The number of carboxylic acids is 1. The lowest BCUT2D eigenvalue weighted by Gasteiger charge is -2.32. The summed E-state index contributed by atoms with van der Waals surface area (Å²) in [6.07, 6.45) is -1.68. The zero-order valence-electron chi connectivity index (χ0n) is 12.4. The third-order valence-electron chi connectivity index (χ3n) is 3.39. The van der Waals surface area contributed by atoms with Gasteiger partial charge in [-0.25, -0.2) is 4.79 Å². The number of benzene rings is 1. The summed E-state index contributed by atoms with van der Waals surface area (Å²) in [5.41, 5.74) is 1.08. The minimum absolute atomic E-state index is 0.0386. The first-order chi connectivity index (χ1) is 10.4. The molecule has 1 aromatic rings. The molecule has 0 unspecified atom stereocenters. The molecule has 1 heterocycles. The number of hydrogen-bond donors (Lipinski definition) is 1. The molecule has 0 spiro atoms. The second kappa shape index (κ2) is 7.11. The maximum atomic E-state index is 12.4. The van der Waals surface area contributed by atoms with Crippen LogP contribution >= 0.6 is 15.9 Å². The van der Waals surface area contributed by atoms with E-state index >= 15 is 0 Å². The lowest BCUT2D eigenvalue weighted by Crippen LogP contribution is -2.51. The molecule has 1 amide bonds. The van der Waals surface area contributed by atoms with E-state index in [9.17, 15) is 9.59 Å². The summed E-state index contributed by atoms with van der Waals surface area (Å²) in [6.45, 7) is 4.23. The molecule has 0 aromatic heterocycles. The third-order valence-corrected chi connectivity index (χ3v) is 4.01. The molecule has 2 atom stereocenters. The van der Waals surface area contributed by atoms with Crippen LogP contribution in [0.2, 0.25) is 0 Å². The third kappa shape index (κ3) is 3.98. The maximum Gasteiger partial charge on any atom is 0.334 e.